The first-order chi connectivity index (χ1) is 7.73. The molecule has 0 aliphatic rings. The average molecular weight is 226 g/mol. The van der Waals surface area contributed by atoms with Crippen LogP contribution in [0.5, 0.6) is 0 Å². The van der Waals surface area contributed by atoms with Gasteiger partial charge in [0.25, 0.3) is 5.79 Å². The molecule has 1 aromatic carbocycles. The summed E-state index contributed by atoms with van der Waals surface area (Å²) in [6.07, 6.45) is 0. The largest absolute Gasteiger partial charge is 0.256 e. The minimum Gasteiger partial charge on any atom is -0.234 e. The van der Waals surface area contributed by atoms with Gasteiger partial charge < -0.3 is 0 Å². The lowest BCUT2D eigenvalue weighted by molar-refractivity contribution is -0.513. The lowest BCUT2D eigenvalue weighted by Gasteiger charge is -2.26. The van der Waals surface area contributed by atoms with Crippen LogP contribution in [0.15, 0.2) is 30.3 Å². The molecule has 0 spiro atoms. The molecule has 1 aromatic rings. The zero-order chi connectivity index (χ0) is 11.9. The minimum absolute atomic E-state index is 0.442. The maximum absolute atomic E-state index is 5.22. The van der Waals surface area contributed by atoms with Gasteiger partial charge in [0.05, 0.1) is 13.2 Å². The Morgan fingerprint density at radius 2 is 1.44 bits per heavy atom. The lowest BCUT2D eigenvalue weighted by atomic mass is 10.1. The molecular weight excluding hydrogens is 208 g/mol. The van der Waals surface area contributed by atoms with Crippen LogP contribution in [0, 0.1) is 0 Å². The fourth-order valence-electron chi connectivity index (χ4n) is 1.19. The summed E-state index contributed by atoms with van der Waals surface area (Å²) in [5.41, 5.74) is 0.830. The highest BCUT2D eigenvalue weighted by molar-refractivity contribution is 5.19. The molecule has 0 saturated heterocycles. The van der Waals surface area contributed by atoms with E-state index in [1.165, 1.54) is 0 Å². The van der Waals surface area contributed by atoms with Crippen molar-refractivity contribution >= 4 is 0 Å². The van der Waals surface area contributed by atoms with Gasteiger partial charge in [0.2, 0.25) is 0 Å². The number of rotatable bonds is 7. The van der Waals surface area contributed by atoms with Gasteiger partial charge in [0, 0.05) is 5.56 Å². The Labute approximate surface area is 95.9 Å². The third-order valence-electron chi connectivity index (χ3n) is 1.97. The molecule has 0 saturated carbocycles. The van der Waals surface area contributed by atoms with E-state index in [4.69, 9.17) is 19.6 Å². The molecular formula is C12H18O4. The standard InChI is InChI=1S/C12H18O4/c1-4-13-15-12(3,16-14-5-2)11-9-7-6-8-10-11/h6-10H,4-5H2,1-3H3. The van der Waals surface area contributed by atoms with E-state index < -0.39 is 5.79 Å². The Kier molecular flexibility index (Phi) is 5.42. The predicted octanol–water partition coefficient (Wildman–Crippen LogP) is 2.80. The molecule has 4 nitrogen and oxygen atoms in total. The molecule has 0 atom stereocenters. The Bertz CT molecular complexity index is 278. The van der Waals surface area contributed by atoms with Crippen molar-refractivity contribution in [2.45, 2.75) is 26.6 Å². The normalized spacial score (nSPS) is 11.7. The van der Waals surface area contributed by atoms with Crippen LogP contribution in [-0.2, 0) is 25.3 Å². The topological polar surface area (TPSA) is 36.9 Å². The van der Waals surface area contributed by atoms with Crippen molar-refractivity contribution in [3.63, 3.8) is 0 Å². The average Bonchev–Trinajstić information content (AvgIpc) is 2.35. The lowest BCUT2D eigenvalue weighted by Crippen LogP contribution is -2.30. The van der Waals surface area contributed by atoms with Crippen molar-refractivity contribution < 1.29 is 19.6 Å². The van der Waals surface area contributed by atoms with Crippen LogP contribution < -0.4 is 0 Å². The van der Waals surface area contributed by atoms with Crippen LogP contribution in [0.2, 0.25) is 0 Å². The second kappa shape index (κ2) is 6.60. The van der Waals surface area contributed by atoms with Crippen molar-refractivity contribution in [2.24, 2.45) is 0 Å². The Morgan fingerprint density at radius 1 is 0.938 bits per heavy atom. The van der Waals surface area contributed by atoms with Crippen LogP contribution in [0.4, 0.5) is 0 Å². The van der Waals surface area contributed by atoms with Gasteiger partial charge >= 0.3 is 0 Å². The Morgan fingerprint density at radius 3 is 1.88 bits per heavy atom. The maximum Gasteiger partial charge on any atom is 0.256 e. The predicted molar refractivity (Wildman–Crippen MR) is 59.2 cm³/mol. The van der Waals surface area contributed by atoms with E-state index >= 15 is 0 Å². The van der Waals surface area contributed by atoms with Crippen LogP contribution in [0.25, 0.3) is 0 Å². The van der Waals surface area contributed by atoms with Crippen molar-refractivity contribution in [3.8, 4) is 0 Å². The van der Waals surface area contributed by atoms with Crippen molar-refractivity contribution in [2.75, 3.05) is 13.2 Å². The molecule has 0 bridgehead atoms. The molecule has 0 amide bonds. The molecule has 0 aromatic heterocycles. The van der Waals surface area contributed by atoms with Gasteiger partial charge in [-0.1, -0.05) is 30.3 Å². The molecule has 0 unspecified atom stereocenters. The van der Waals surface area contributed by atoms with Crippen molar-refractivity contribution in [1.29, 1.82) is 0 Å². The summed E-state index contributed by atoms with van der Waals surface area (Å²) < 4.78 is 0. The third kappa shape index (κ3) is 3.57. The highest BCUT2D eigenvalue weighted by Gasteiger charge is 2.31. The molecule has 0 fully saturated rings. The summed E-state index contributed by atoms with van der Waals surface area (Å²) in [6, 6.07) is 9.50. The van der Waals surface area contributed by atoms with E-state index in [2.05, 4.69) is 0 Å². The molecule has 16 heavy (non-hydrogen) atoms. The highest BCUT2D eigenvalue weighted by Crippen LogP contribution is 2.27. The first kappa shape index (κ1) is 13.1. The number of hydrogen-bond acceptors (Lipinski definition) is 4. The number of benzene rings is 1. The molecule has 0 aliphatic carbocycles. The van der Waals surface area contributed by atoms with Crippen LogP contribution in [-0.4, -0.2) is 13.2 Å². The first-order valence-electron chi connectivity index (χ1n) is 5.39. The summed E-state index contributed by atoms with van der Waals surface area (Å²) in [4.78, 5) is 20.3. The van der Waals surface area contributed by atoms with E-state index in [0.29, 0.717) is 13.2 Å². The second-order valence-electron chi connectivity index (χ2n) is 3.29. The summed E-state index contributed by atoms with van der Waals surface area (Å²) in [5.74, 6) is -1.05. The van der Waals surface area contributed by atoms with E-state index in [0.717, 1.165) is 5.56 Å². The van der Waals surface area contributed by atoms with Gasteiger partial charge in [-0.2, -0.15) is 9.78 Å². The van der Waals surface area contributed by atoms with E-state index in [9.17, 15) is 0 Å². The van der Waals surface area contributed by atoms with Gasteiger partial charge in [0.15, 0.2) is 0 Å². The summed E-state index contributed by atoms with van der Waals surface area (Å²) >= 11 is 0. The van der Waals surface area contributed by atoms with Gasteiger partial charge in [-0.25, -0.2) is 9.78 Å². The van der Waals surface area contributed by atoms with E-state index in [-0.39, 0.29) is 0 Å². The smallest absolute Gasteiger partial charge is 0.234 e. The molecule has 0 radical (unpaired) electrons. The Balaban J connectivity index is 2.77. The van der Waals surface area contributed by atoms with Crippen LogP contribution in [0.1, 0.15) is 26.3 Å². The summed E-state index contributed by atoms with van der Waals surface area (Å²) in [5, 5.41) is 0. The van der Waals surface area contributed by atoms with Gasteiger partial charge in [0.1, 0.15) is 0 Å². The van der Waals surface area contributed by atoms with Crippen LogP contribution in [0.3, 0.4) is 0 Å². The van der Waals surface area contributed by atoms with Crippen molar-refractivity contribution in [1.82, 2.24) is 0 Å². The van der Waals surface area contributed by atoms with Gasteiger partial charge in [-0.05, 0) is 20.8 Å². The molecule has 90 valence electrons. The van der Waals surface area contributed by atoms with Crippen molar-refractivity contribution in [3.05, 3.63) is 35.9 Å². The summed E-state index contributed by atoms with van der Waals surface area (Å²) in [6.45, 7) is 6.31. The summed E-state index contributed by atoms with van der Waals surface area (Å²) in [7, 11) is 0. The SMILES string of the molecule is CCOOC(C)(OOCC)c1ccccc1. The molecule has 0 N–H and O–H groups in total. The highest BCUT2D eigenvalue weighted by atomic mass is 17.3. The quantitative estimate of drug-likeness (QED) is 0.407. The zero-order valence-electron chi connectivity index (χ0n) is 9.93. The third-order valence-corrected chi connectivity index (χ3v) is 1.97. The zero-order valence-corrected chi connectivity index (χ0v) is 9.93. The second-order valence-corrected chi connectivity index (χ2v) is 3.29. The molecule has 0 heterocycles. The fraction of sp³-hybridized carbons (Fsp3) is 0.500. The molecule has 1 rings (SSSR count). The fourth-order valence-corrected chi connectivity index (χ4v) is 1.19. The van der Waals surface area contributed by atoms with Gasteiger partial charge in [-0.3, -0.25) is 0 Å². The first-order valence-corrected chi connectivity index (χ1v) is 5.39. The monoisotopic (exact) mass is 226 g/mol. The number of hydrogen-bond donors (Lipinski definition) is 0. The Hall–Kier alpha value is -0.940. The molecule has 4 heteroatoms. The van der Waals surface area contributed by atoms with E-state index in [1.807, 2.05) is 44.2 Å². The molecule has 0 aliphatic heterocycles. The van der Waals surface area contributed by atoms with Crippen LogP contribution >= 0.6 is 0 Å². The van der Waals surface area contributed by atoms with Gasteiger partial charge in [-0.15, -0.1) is 0 Å². The maximum atomic E-state index is 5.22. The van der Waals surface area contributed by atoms with E-state index in [1.54, 1.807) is 6.92 Å². The minimum atomic E-state index is -1.05.